The summed E-state index contributed by atoms with van der Waals surface area (Å²) in [4.78, 5) is 27.9. The Kier molecular flexibility index (Phi) is 6.71. The van der Waals surface area contributed by atoms with Crippen LogP contribution in [0.1, 0.15) is 17.2 Å². The van der Waals surface area contributed by atoms with Gasteiger partial charge in [-0.05, 0) is 29.8 Å². The number of halogens is 2. The number of aromatic nitrogens is 1. The number of carboxylic acid groups (broad SMARTS) is 2. The van der Waals surface area contributed by atoms with Crippen LogP contribution in [0, 0.1) is 0 Å². The van der Waals surface area contributed by atoms with Crippen molar-refractivity contribution >= 4 is 46.0 Å². The average Bonchev–Trinajstić information content (AvgIpc) is 3.06. The second kappa shape index (κ2) is 9.50. The summed E-state index contributed by atoms with van der Waals surface area (Å²) in [6, 6.07) is 12.0. The predicted molar refractivity (Wildman–Crippen MR) is 123 cm³/mol. The van der Waals surface area contributed by atoms with Crippen LogP contribution in [0.15, 0.2) is 48.7 Å². The van der Waals surface area contributed by atoms with Crippen LogP contribution in [0.5, 0.6) is 0 Å². The van der Waals surface area contributed by atoms with Gasteiger partial charge in [-0.1, -0.05) is 41.4 Å². The van der Waals surface area contributed by atoms with Crippen LogP contribution >= 0.6 is 23.2 Å². The van der Waals surface area contributed by atoms with E-state index in [9.17, 15) is 19.8 Å². The number of hydrogen-bond acceptors (Lipinski definition) is 4. The molecule has 1 aliphatic heterocycles. The zero-order valence-electron chi connectivity index (χ0n) is 17.2. The van der Waals surface area contributed by atoms with Crippen LogP contribution in [-0.4, -0.2) is 62.7 Å². The first kappa shape index (κ1) is 22.6. The Morgan fingerprint density at radius 1 is 0.969 bits per heavy atom. The molecular formula is C23H23Cl2N3O4. The largest absolute Gasteiger partial charge is 0.480 e. The van der Waals surface area contributed by atoms with E-state index >= 15 is 0 Å². The summed E-state index contributed by atoms with van der Waals surface area (Å²) in [7, 11) is 0. The third-order valence-corrected chi connectivity index (χ3v) is 6.25. The summed E-state index contributed by atoms with van der Waals surface area (Å²) in [5.74, 6) is -1.97. The molecule has 1 aliphatic rings. The maximum Gasteiger partial charge on any atom is 0.325 e. The molecule has 1 aromatic heterocycles. The lowest BCUT2D eigenvalue weighted by atomic mass is 10.0. The average molecular weight is 476 g/mol. The first-order valence-corrected chi connectivity index (χ1v) is 11.0. The fourth-order valence-electron chi connectivity index (χ4n) is 4.35. The SMILES string of the molecule is O=C(O)Cn1cc(C(C(=O)O)N2CCN(Cc3cccc(Cl)c3)CC2)c2ccc(Cl)cc21. The smallest absolute Gasteiger partial charge is 0.325 e. The van der Waals surface area contributed by atoms with Gasteiger partial charge >= 0.3 is 11.9 Å². The van der Waals surface area contributed by atoms with Crippen LogP contribution in [-0.2, 0) is 22.7 Å². The van der Waals surface area contributed by atoms with E-state index in [2.05, 4.69) is 4.90 Å². The van der Waals surface area contributed by atoms with Crippen molar-refractivity contribution in [3.05, 3.63) is 69.8 Å². The van der Waals surface area contributed by atoms with Crippen LogP contribution in [0.25, 0.3) is 10.9 Å². The number of nitrogens with zero attached hydrogens (tertiary/aromatic N) is 3. The third kappa shape index (κ3) is 4.91. The number of carboxylic acids is 2. The fraction of sp³-hybridized carbons (Fsp3) is 0.304. The van der Waals surface area contributed by atoms with Crippen molar-refractivity contribution in [1.29, 1.82) is 0 Å². The molecule has 0 bridgehead atoms. The number of rotatable bonds is 7. The quantitative estimate of drug-likeness (QED) is 0.537. The second-order valence-electron chi connectivity index (χ2n) is 7.95. The third-order valence-electron chi connectivity index (χ3n) is 5.78. The van der Waals surface area contributed by atoms with E-state index in [1.54, 1.807) is 29.0 Å². The lowest BCUT2D eigenvalue weighted by molar-refractivity contribution is -0.144. The number of benzene rings is 2. The first-order valence-electron chi connectivity index (χ1n) is 10.3. The number of hydrogen-bond donors (Lipinski definition) is 2. The molecule has 32 heavy (non-hydrogen) atoms. The van der Waals surface area contributed by atoms with Gasteiger partial charge in [0.25, 0.3) is 0 Å². The van der Waals surface area contributed by atoms with E-state index in [-0.39, 0.29) is 6.54 Å². The molecule has 1 fully saturated rings. The predicted octanol–water partition coefficient (Wildman–Crippen LogP) is 3.98. The van der Waals surface area contributed by atoms with Crippen LogP contribution < -0.4 is 0 Å². The van der Waals surface area contributed by atoms with Crippen molar-refractivity contribution in [2.75, 3.05) is 26.2 Å². The highest BCUT2D eigenvalue weighted by atomic mass is 35.5. The van der Waals surface area contributed by atoms with Crippen molar-refractivity contribution in [1.82, 2.24) is 14.4 Å². The van der Waals surface area contributed by atoms with E-state index in [0.717, 1.165) is 25.2 Å². The zero-order valence-corrected chi connectivity index (χ0v) is 18.8. The molecule has 168 valence electrons. The summed E-state index contributed by atoms with van der Waals surface area (Å²) in [5.41, 5.74) is 2.31. The van der Waals surface area contributed by atoms with E-state index < -0.39 is 18.0 Å². The highest BCUT2D eigenvalue weighted by molar-refractivity contribution is 6.31. The van der Waals surface area contributed by atoms with E-state index in [0.29, 0.717) is 39.6 Å². The lowest BCUT2D eigenvalue weighted by Gasteiger charge is -2.37. The van der Waals surface area contributed by atoms with Crippen molar-refractivity contribution in [2.45, 2.75) is 19.1 Å². The molecule has 2 N–H and O–H groups in total. The standard InChI is InChI=1S/C23H23Cl2N3O4/c24-16-3-1-2-15(10-16)12-26-6-8-27(9-7-26)22(23(31)32)19-13-28(14-21(29)30)20-11-17(25)4-5-18(19)20/h1-5,10-11,13,22H,6-9,12,14H2,(H,29,30)(H,31,32). The summed E-state index contributed by atoms with van der Waals surface area (Å²) < 4.78 is 1.55. The normalized spacial score (nSPS) is 16.3. The zero-order chi connectivity index (χ0) is 22.8. The van der Waals surface area contributed by atoms with Crippen molar-refractivity contribution in [2.24, 2.45) is 0 Å². The number of carbonyl (C=O) groups is 2. The summed E-state index contributed by atoms with van der Waals surface area (Å²) in [5, 5.41) is 21.2. The molecule has 0 saturated carbocycles. The lowest BCUT2D eigenvalue weighted by Crippen LogP contribution is -2.48. The Morgan fingerprint density at radius 3 is 2.34 bits per heavy atom. The molecule has 1 unspecified atom stereocenters. The molecule has 0 aliphatic carbocycles. The number of aliphatic carboxylic acids is 2. The maximum atomic E-state index is 12.3. The monoisotopic (exact) mass is 475 g/mol. The van der Waals surface area contributed by atoms with Gasteiger partial charge in [-0.2, -0.15) is 0 Å². The minimum Gasteiger partial charge on any atom is -0.480 e. The first-order chi connectivity index (χ1) is 15.3. The Bertz CT molecular complexity index is 1160. The van der Waals surface area contributed by atoms with Gasteiger partial charge in [-0.25, -0.2) is 0 Å². The molecule has 1 atom stereocenters. The number of fused-ring (bicyclic) bond motifs is 1. The summed E-state index contributed by atoms with van der Waals surface area (Å²) in [6.45, 7) is 3.08. The van der Waals surface area contributed by atoms with Gasteiger partial charge in [-0.15, -0.1) is 0 Å². The molecule has 9 heteroatoms. The molecule has 0 radical (unpaired) electrons. The Hall–Kier alpha value is -2.58. The number of piperazine rings is 1. The van der Waals surface area contributed by atoms with Crippen molar-refractivity contribution in [3.8, 4) is 0 Å². The topological polar surface area (TPSA) is 86.0 Å². The molecule has 2 aromatic carbocycles. The van der Waals surface area contributed by atoms with E-state index in [1.165, 1.54) is 0 Å². The summed E-state index contributed by atoms with van der Waals surface area (Å²) >= 11 is 12.2. The fourth-order valence-corrected chi connectivity index (χ4v) is 4.73. The van der Waals surface area contributed by atoms with Crippen LogP contribution in [0.3, 0.4) is 0 Å². The second-order valence-corrected chi connectivity index (χ2v) is 8.82. The molecule has 0 amide bonds. The summed E-state index contributed by atoms with van der Waals surface area (Å²) in [6.07, 6.45) is 1.63. The van der Waals surface area contributed by atoms with Crippen molar-refractivity contribution < 1.29 is 19.8 Å². The molecule has 4 rings (SSSR count). The Morgan fingerprint density at radius 2 is 1.69 bits per heavy atom. The minimum atomic E-state index is -1.00. The van der Waals surface area contributed by atoms with E-state index in [4.69, 9.17) is 23.2 Å². The van der Waals surface area contributed by atoms with E-state index in [1.807, 2.05) is 29.2 Å². The van der Waals surface area contributed by atoms with Gasteiger partial charge in [0.2, 0.25) is 0 Å². The molecule has 3 aromatic rings. The van der Waals surface area contributed by atoms with Gasteiger partial charge in [0.1, 0.15) is 12.6 Å². The molecule has 0 spiro atoms. The van der Waals surface area contributed by atoms with Crippen LogP contribution in [0.2, 0.25) is 10.0 Å². The molecular weight excluding hydrogens is 453 g/mol. The van der Waals surface area contributed by atoms with Gasteiger partial charge in [0.05, 0.1) is 5.52 Å². The minimum absolute atomic E-state index is 0.267. The Balaban J connectivity index is 1.56. The maximum absolute atomic E-state index is 12.3. The molecule has 2 heterocycles. The molecule has 1 saturated heterocycles. The van der Waals surface area contributed by atoms with Gasteiger partial charge in [0, 0.05) is 59.9 Å². The van der Waals surface area contributed by atoms with Crippen molar-refractivity contribution in [3.63, 3.8) is 0 Å². The highest BCUT2D eigenvalue weighted by Gasteiger charge is 2.33. The van der Waals surface area contributed by atoms with Gasteiger partial charge < -0.3 is 14.8 Å². The molecule has 7 nitrogen and oxygen atoms in total. The van der Waals surface area contributed by atoms with Crippen LogP contribution in [0.4, 0.5) is 0 Å². The highest BCUT2D eigenvalue weighted by Crippen LogP contribution is 2.33. The van der Waals surface area contributed by atoms with Gasteiger partial charge in [0.15, 0.2) is 0 Å². The van der Waals surface area contributed by atoms with Gasteiger partial charge in [-0.3, -0.25) is 19.4 Å². The Labute approximate surface area is 195 Å².